The molecule has 0 saturated carbocycles. The fourth-order valence-corrected chi connectivity index (χ4v) is 3.56. The number of nitrogens with zero attached hydrogens (tertiary/aromatic N) is 3. The van der Waals surface area contributed by atoms with Crippen LogP contribution in [-0.4, -0.2) is 31.7 Å². The fourth-order valence-electron chi connectivity index (χ4n) is 3.43. The highest BCUT2D eigenvalue weighted by molar-refractivity contribution is 6.30. The van der Waals surface area contributed by atoms with Crippen molar-refractivity contribution in [3.63, 3.8) is 0 Å². The minimum atomic E-state index is -0.931. The van der Waals surface area contributed by atoms with Gasteiger partial charge in [0.1, 0.15) is 6.04 Å². The summed E-state index contributed by atoms with van der Waals surface area (Å²) < 4.78 is 1.72. The molecule has 0 unspecified atom stereocenters. The minimum Gasteiger partial charge on any atom is -0.481 e. The quantitative estimate of drug-likeness (QED) is 0.488. The van der Waals surface area contributed by atoms with Crippen molar-refractivity contribution in [1.29, 1.82) is 0 Å². The Labute approximate surface area is 189 Å². The summed E-state index contributed by atoms with van der Waals surface area (Å²) in [4.78, 5) is 27.3. The van der Waals surface area contributed by atoms with Gasteiger partial charge in [-0.05, 0) is 42.7 Å². The zero-order chi connectivity index (χ0) is 22.7. The van der Waals surface area contributed by atoms with Gasteiger partial charge < -0.3 is 10.4 Å². The van der Waals surface area contributed by atoms with Gasteiger partial charge in [0.15, 0.2) is 0 Å². The Morgan fingerprint density at radius 3 is 2.53 bits per heavy atom. The van der Waals surface area contributed by atoms with Crippen molar-refractivity contribution in [3.8, 4) is 0 Å². The van der Waals surface area contributed by atoms with Crippen LogP contribution in [0.2, 0.25) is 5.02 Å². The molecule has 9 heteroatoms. The third kappa shape index (κ3) is 4.97. The maximum atomic E-state index is 12.2. The molecule has 3 N–H and O–H groups in total. The van der Waals surface area contributed by atoms with E-state index in [1.54, 1.807) is 4.68 Å². The first-order valence-electron chi connectivity index (χ1n) is 10.2. The molecule has 3 aromatic rings. The predicted octanol–water partition coefficient (Wildman–Crippen LogP) is 4.49. The SMILES string of the molecule is Cc1ccc([C@H]2C=C(c3ccc(Cl)cc3)Nc3nc(NC(=O)CCCC(=O)O)nn32)cc1. The maximum absolute atomic E-state index is 12.2. The summed E-state index contributed by atoms with van der Waals surface area (Å²) >= 11 is 6.04. The summed E-state index contributed by atoms with van der Waals surface area (Å²) in [5.41, 5.74) is 3.97. The van der Waals surface area contributed by atoms with Crippen LogP contribution in [0.5, 0.6) is 0 Å². The topological polar surface area (TPSA) is 109 Å². The van der Waals surface area contributed by atoms with Gasteiger partial charge in [0, 0.05) is 23.6 Å². The van der Waals surface area contributed by atoms with Crippen molar-refractivity contribution in [2.24, 2.45) is 0 Å². The number of aromatic nitrogens is 3. The van der Waals surface area contributed by atoms with Gasteiger partial charge in [-0.1, -0.05) is 53.6 Å². The van der Waals surface area contributed by atoms with E-state index in [4.69, 9.17) is 16.7 Å². The number of carbonyl (C=O) groups excluding carboxylic acids is 1. The number of fused-ring (bicyclic) bond motifs is 1. The number of amides is 1. The summed E-state index contributed by atoms with van der Waals surface area (Å²) in [6, 6.07) is 15.4. The Hall–Kier alpha value is -3.65. The predicted molar refractivity (Wildman–Crippen MR) is 123 cm³/mol. The van der Waals surface area contributed by atoms with Crippen LogP contribution in [0.3, 0.4) is 0 Å². The van der Waals surface area contributed by atoms with E-state index in [1.165, 1.54) is 0 Å². The number of rotatable bonds is 7. The molecule has 2 aromatic carbocycles. The van der Waals surface area contributed by atoms with Crippen molar-refractivity contribution in [3.05, 3.63) is 76.3 Å². The lowest BCUT2D eigenvalue weighted by Crippen LogP contribution is -2.20. The molecule has 1 atom stereocenters. The molecule has 164 valence electrons. The molecule has 0 aliphatic carbocycles. The van der Waals surface area contributed by atoms with Crippen LogP contribution in [0.25, 0.3) is 5.70 Å². The van der Waals surface area contributed by atoms with Crippen molar-refractivity contribution in [2.75, 3.05) is 10.6 Å². The Kier molecular flexibility index (Phi) is 6.23. The third-order valence-electron chi connectivity index (χ3n) is 5.09. The average molecular weight is 452 g/mol. The molecule has 32 heavy (non-hydrogen) atoms. The molecule has 2 heterocycles. The van der Waals surface area contributed by atoms with Gasteiger partial charge in [0.25, 0.3) is 5.95 Å². The Balaban J connectivity index is 1.62. The van der Waals surface area contributed by atoms with E-state index in [0.717, 1.165) is 22.4 Å². The highest BCUT2D eigenvalue weighted by atomic mass is 35.5. The number of nitrogens with one attached hydrogen (secondary N) is 2. The van der Waals surface area contributed by atoms with E-state index in [9.17, 15) is 9.59 Å². The monoisotopic (exact) mass is 451 g/mol. The number of benzene rings is 2. The van der Waals surface area contributed by atoms with Crippen molar-refractivity contribution in [2.45, 2.75) is 32.2 Å². The number of carboxylic acids is 1. The number of halogens is 1. The van der Waals surface area contributed by atoms with Gasteiger partial charge in [-0.15, -0.1) is 5.10 Å². The van der Waals surface area contributed by atoms with Crippen molar-refractivity contribution in [1.82, 2.24) is 14.8 Å². The standard InChI is InChI=1S/C23H22ClN5O3/c1-14-5-7-16(8-6-14)19-13-18(15-9-11-17(24)12-10-15)25-23-27-22(28-29(19)23)26-20(30)3-2-4-21(31)32/h5-13,19H,2-4H2,1H3,(H,31,32)(H2,25,26,27,28,30)/t19-/m1/s1. The number of aliphatic carboxylic acids is 1. The molecular weight excluding hydrogens is 430 g/mol. The highest BCUT2D eigenvalue weighted by Crippen LogP contribution is 2.33. The van der Waals surface area contributed by atoms with Crippen LogP contribution in [0.4, 0.5) is 11.9 Å². The molecule has 0 saturated heterocycles. The lowest BCUT2D eigenvalue weighted by Gasteiger charge is -2.24. The first-order valence-corrected chi connectivity index (χ1v) is 10.6. The number of hydrogen-bond acceptors (Lipinski definition) is 5. The van der Waals surface area contributed by atoms with Gasteiger partial charge in [-0.3, -0.25) is 14.9 Å². The smallest absolute Gasteiger partial charge is 0.303 e. The average Bonchev–Trinajstić information content (AvgIpc) is 3.16. The van der Waals surface area contributed by atoms with E-state index in [1.807, 2.05) is 61.5 Å². The Morgan fingerprint density at radius 2 is 1.84 bits per heavy atom. The van der Waals surface area contributed by atoms with Crippen LogP contribution in [0.15, 0.2) is 54.6 Å². The summed E-state index contributed by atoms with van der Waals surface area (Å²) in [6.45, 7) is 2.03. The zero-order valence-electron chi connectivity index (χ0n) is 17.4. The van der Waals surface area contributed by atoms with Crippen molar-refractivity contribution < 1.29 is 14.7 Å². The van der Waals surface area contributed by atoms with Crippen LogP contribution in [-0.2, 0) is 9.59 Å². The van der Waals surface area contributed by atoms with Crippen molar-refractivity contribution >= 4 is 41.1 Å². The summed E-state index contributed by atoms with van der Waals surface area (Å²) in [5.74, 6) is -0.606. The largest absolute Gasteiger partial charge is 0.481 e. The summed E-state index contributed by atoms with van der Waals surface area (Å²) in [6.07, 6.45) is 2.32. The molecule has 1 aliphatic heterocycles. The van der Waals surface area contributed by atoms with E-state index in [2.05, 4.69) is 20.7 Å². The number of aryl methyl sites for hydroxylation is 1. The minimum absolute atomic E-state index is 0.0635. The fraction of sp³-hybridized carbons (Fsp3) is 0.217. The summed E-state index contributed by atoms with van der Waals surface area (Å²) in [7, 11) is 0. The van der Waals surface area contributed by atoms with E-state index in [0.29, 0.717) is 11.0 Å². The molecule has 8 nitrogen and oxygen atoms in total. The second-order valence-corrected chi connectivity index (χ2v) is 8.00. The molecule has 0 spiro atoms. The third-order valence-corrected chi connectivity index (χ3v) is 5.34. The molecule has 4 rings (SSSR count). The number of carbonyl (C=O) groups is 2. The van der Waals surface area contributed by atoms with E-state index < -0.39 is 5.97 Å². The number of allylic oxidation sites excluding steroid dienone is 1. The van der Waals surface area contributed by atoms with Gasteiger partial charge >= 0.3 is 5.97 Å². The summed E-state index contributed by atoms with van der Waals surface area (Å²) in [5, 5.41) is 19.8. The number of anilines is 2. The van der Waals surface area contributed by atoms with Gasteiger partial charge in [-0.2, -0.15) is 4.98 Å². The van der Waals surface area contributed by atoms with E-state index in [-0.39, 0.29) is 37.2 Å². The molecule has 0 bridgehead atoms. The van der Waals surface area contributed by atoms with Crippen LogP contribution in [0.1, 0.15) is 42.0 Å². The second-order valence-electron chi connectivity index (χ2n) is 7.57. The zero-order valence-corrected chi connectivity index (χ0v) is 18.1. The molecule has 1 amide bonds. The number of hydrogen-bond donors (Lipinski definition) is 3. The van der Waals surface area contributed by atoms with Gasteiger partial charge in [0.2, 0.25) is 11.9 Å². The normalized spacial score (nSPS) is 14.8. The maximum Gasteiger partial charge on any atom is 0.303 e. The van der Waals surface area contributed by atoms with Gasteiger partial charge in [-0.25, -0.2) is 4.68 Å². The molecule has 1 aliphatic rings. The first-order chi connectivity index (χ1) is 15.4. The van der Waals surface area contributed by atoms with Crippen LogP contribution >= 0.6 is 11.6 Å². The Morgan fingerprint density at radius 1 is 1.12 bits per heavy atom. The van der Waals surface area contributed by atoms with E-state index >= 15 is 0 Å². The molecular formula is C23H22ClN5O3. The van der Waals surface area contributed by atoms with Crippen LogP contribution < -0.4 is 10.6 Å². The lowest BCUT2D eigenvalue weighted by molar-refractivity contribution is -0.137. The van der Waals surface area contributed by atoms with Crippen LogP contribution in [0, 0.1) is 6.92 Å². The second kappa shape index (κ2) is 9.23. The molecule has 0 fully saturated rings. The molecule has 0 radical (unpaired) electrons. The Bertz CT molecular complexity index is 1170. The molecule has 1 aromatic heterocycles. The van der Waals surface area contributed by atoms with Gasteiger partial charge in [0.05, 0.1) is 0 Å². The highest BCUT2D eigenvalue weighted by Gasteiger charge is 2.25. The number of carboxylic acid groups (broad SMARTS) is 1. The first kappa shape index (κ1) is 21.6. The lowest BCUT2D eigenvalue weighted by atomic mass is 10.0.